The molecular formula is C12H17BrClNO3. The van der Waals surface area contributed by atoms with Gasteiger partial charge < -0.3 is 15.9 Å². The van der Waals surface area contributed by atoms with Gasteiger partial charge in [-0.25, -0.2) is 4.79 Å². The minimum absolute atomic E-state index is 0. The zero-order valence-corrected chi connectivity index (χ0v) is 12.8. The quantitative estimate of drug-likeness (QED) is 0.772. The number of hydrogen-bond donors (Lipinski definition) is 3. The van der Waals surface area contributed by atoms with Crippen molar-refractivity contribution in [1.29, 1.82) is 0 Å². The lowest BCUT2D eigenvalue weighted by atomic mass is 9.82. The van der Waals surface area contributed by atoms with Gasteiger partial charge in [0, 0.05) is 16.1 Å². The summed E-state index contributed by atoms with van der Waals surface area (Å²) in [5, 5.41) is 18.9. The van der Waals surface area contributed by atoms with E-state index >= 15 is 0 Å². The van der Waals surface area contributed by atoms with Crippen LogP contribution in [0.1, 0.15) is 42.7 Å². The zero-order valence-electron chi connectivity index (χ0n) is 10.4. The zero-order chi connectivity index (χ0) is 13.4. The predicted molar refractivity (Wildman–Crippen MR) is 76.4 cm³/mol. The van der Waals surface area contributed by atoms with Crippen LogP contribution in [0.2, 0.25) is 0 Å². The molecule has 1 rings (SSSR count). The van der Waals surface area contributed by atoms with Crippen LogP contribution in [0.3, 0.4) is 0 Å². The van der Waals surface area contributed by atoms with Gasteiger partial charge in [-0.15, -0.1) is 12.4 Å². The van der Waals surface area contributed by atoms with Gasteiger partial charge in [-0.1, -0.05) is 36.7 Å². The summed E-state index contributed by atoms with van der Waals surface area (Å²) in [6.07, 6.45) is 0. The van der Waals surface area contributed by atoms with Gasteiger partial charge in [-0.3, -0.25) is 0 Å². The number of nitrogens with two attached hydrogens (primary N) is 1. The molecule has 0 aliphatic rings. The van der Waals surface area contributed by atoms with Crippen LogP contribution in [0.5, 0.6) is 5.75 Å². The molecule has 6 heteroatoms. The number of halogens is 2. The molecule has 1 aromatic carbocycles. The van der Waals surface area contributed by atoms with E-state index < -0.39 is 12.0 Å². The molecule has 0 saturated carbocycles. The number of aromatic carboxylic acids is 1. The maximum atomic E-state index is 10.9. The van der Waals surface area contributed by atoms with Crippen molar-refractivity contribution < 1.29 is 15.0 Å². The Labute approximate surface area is 121 Å². The fourth-order valence-electron chi connectivity index (χ4n) is 1.48. The molecule has 4 nitrogen and oxygen atoms in total. The number of benzene rings is 1. The average Bonchev–Trinajstić information content (AvgIpc) is 2.15. The van der Waals surface area contributed by atoms with Gasteiger partial charge in [0.15, 0.2) is 0 Å². The molecule has 0 amide bonds. The van der Waals surface area contributed by atoms with Crippen LogP contribution in [0, 0.1) is 5.41 Å². The van der Waals surface area contributed by atoms with Crippen molar-refractivity contribution in [1.82, 2.24) is 0 Å². The Hall–Kier alpha value is -0.780. The summed E-state index contributed by atoms with van der Waals surface area (Å²) in [6.45, 7) is 5.78. The summed E-state index contributed by atoms with van der Waals surface area (Å²) >= 11 is 3.29. The van der Waals surface area contributed by atoms with Crippen LogP contribution >= 0.6 is 28.3 Å². The van der Waals surface area contributed by atoms with Gasteiger partial charge in [0.1, 0.15) is 11.3 Å². The Morgan fingerprint density at radius 3 is 2.28 bits per heavy atom. The van der Waals surface area contributed by atoms with E-state index in [0.717, 1.165) is 0 Å². The molecule has 0 bridgehead atoms. The van der Waals surface area contributed by atoms with Gasteiger partial charge in [0.2, 0.25) is 0 Å². The molecule has 0 fully saturated rings. The first kappa shape index (κ1) is 17.2. The van der Waals surface area contributed by atoms with E-state index in [2.05, 4.69) is 15.9 Å². The summed E-state index contributed by atoms with van der Waals surface area (Å²) < 4.78 is 0.613. The average molecular weight is 339 g/mol. The topological polar surface area (TPSA) is 83.6 Å². The van der Waals surface area contributed by atoms with Crippen LogP contribution in [-0.2, 0) is 0 Å². The van der Waals surface area contributed by atoms with E-state index in [1.54, 1.807) is 6.07 Å². The van der Waals surface area contributed by atoms with Crippen molar-refractivity contribution in [3.63, 3.8) is 0 Å². The molecule has 0 unspecified atom stereocenters. The summed E-state index contributed by atoms with van der Waals surface area (Å²) in [5.41, 5.74) is 6.07. The molecule has 18 heavy (non-hydrogen) atoms. The van der Waals surface area contributed by atoms with Gasteiger partial charge in [-0.2, -0.15) is 0 Å². The fourth-order valence-corrected chi connectivity index (χ4v) is 2.05. The molecule has 102 valence electrons. The van der Waals surface area contributed by atoms with Crippen molar-refractivity contribution in [2.45, 2.75) is 26.8 Å². The minimum Gasteiger partial charge on any atom is -0.507 e. The smallest absolute Gasteiger partial charge is 0.339 e. The molecule has 1 atom stereocenters. The minimum atomic E-state index is -1.17. The van der Waals surface area contributed by atoms with Crippen LogP contribution < -0.4 is 5.73 Å². The molecule has 0 aliphatic heterocycles. The molecule has 0 saturated heterocycles. The second-order valence-electron chi connectivity index (χ2n) is 5.01. The number of carboxylic acids is 1. The van der Waals surface area contributed by atoms with Gasteiger partial charge in [-0.05, 0) is 17.5 Å². The molecule has 0 aliphatic carbocycles. The Morgan fingerprint density at radius 2 is 1.89 bits per heavy atom. The van der Waals surface area contributed by atoms with E-state index in [1.807, 2.05) is 20.8 Å². The monoisotopic (exact) mass is 337 g/mol. The number of rotatable bonds is 2. The molecule has 4 N–H and O–H groups in total. The second kappa shape index (κ2) is 5.91. The first-order valence-electron chi connectivity index (χ1n) is 5.16. The second-order valence-corrected chi connectivity index (χ2v) is 5.86. The summed E-state index contributed by atoms with van der Waals surface area (Å²) in [5.74, 6) is -1.44. The first-order chi connectivity index (χ1) is 7.66. The van der Waals surface area contributed by atoms with E-state index in [4.69, 9.17) is 10.8 Å². The fraction of sp³-hybridized carbons (Fsp3) is 0.417. The van der Waals surface area contributed by atoms with Crippen molar-refractivity contribution in [2.24, 2.45) is 11.1 Å². The van der Waals surface area contributed by atoms with Crippen molar-refractivity contribution in [3.05, 3.63) is 27.7 Å². The summed E-state index contributed by atoms with van der Waals surface area (Å²) in [7, 11) is 0. The molecular weight excluding hydrogens is 321 g/mol. The Bertz CT molecular complexity index is 457. The Kier molecular flexibility index (Phi) is 5.65. The standard InChI is InChI=1S/C12H16BrNO3.ClH/c1-12(2,3)10(14)8-7(13)5-4-6(9(8)15)11(16)17;/h4-5,10,15H,14H2,1-3H3,(H,16,17);1H/t10-;/m1./s1. The van der Waals surface area contributed by atoms with Crippen LogP contribution in [0.25, 0.3) is 0 Å². The van der Waals surface area contributed by atoms with Crippen LogP contribution in [-0.4, -0.2) is 16.2 Å². The summed E-state index contributed by atoms with van der Waals surface area (Å²) in [6, 6.07) is 2.47. The van der Waals surface area contributed by atoms with Gasteiger partial charge in [0.25, 0.3) is 0 Å². The first-order valence-corrected chi connectivity index (χ1v) is 5.95. The van der Waals surface area contributed by atoms with E-state index in [0.29, 0.717) is 10.0 Å². The van der Waals surface area contributed by atoms with Crippen LogP contribution in [0.15, 0.2) is 16.6 Å². The SMILES string of the molecule is CC(C)(C)[C@H](N)c1c(Br)ccc(C(=O)O)c1O.Cl. The van der Waals surface area contributed by atoms with E-state index in [-0.39, 0.29) is 29.1 Å². The lowest BCUT2D eigenvalue weighted by Gasteiger charge is -2.29. The highest BCUT2D eigenvalue weighted by molar-refractivity contribution is 9.10. The lowest BCUT2D eigenvalue weighted by Crippen LogP contribution is -2.27. The number of hydrogen-bond acceptors (Lipinski definition) is 3. The number of carbonyl (C=O) groups is 1. The van der Waals surface area contributed by atoms with Gasteiger partial charge in [0.05, 0.1) is 0 Å². The van der Waals surface area contributed by atoms with Gasteiger partial charge >= 0.3 is 5.97 Å². The Morgan fingerprint density at radius 1 is 1.39 bits per heavy atom. The van der Waals surface area contributed by atoms with E-state index in [1.165, 1.54) is 6.07 Å². The number of aromatic hydroxyl groups is 1. The predicted octanol–water partition coefficient (Wildman–Crippen LogP) is 3.32. The van der Waals surface area contributed by atoms with Crippen molar-refractivity contribution in [3.8, 4) is 5.75 Å². The largest absolute Gasteiger partial charge is 0.507 e. The molecule has 0 aromatic heterocycles. The number of carboxylic acid groups (broad SMARTS) is 1. The third-order valence-electron chi connectivity index (χ3n) is 2.64. The molecule has 1 aromatic rings. The normalized spacial score (nSPS) is 12.7. The lowest BCUT2D eigenvalue weighted by molar-refractivity contribution is 0.0693. The van der Waals surface area contributed by atoms with Crippen molar-refractivity contribution >= 4 is 34.3 Å². The Balaban J connectivity index is 0.00000289. The third-order valence-corrected chi connectivity index (χ3v) is 3.33. The van der Waals surface area contributed by atoms with E-state index in [9.17, 15) is 9.90 Å². The highest BCUT2D eigenvalue weighted by Crippen LogP contribution is 2.40. The van der Waals surface area contributed by atoms with Crippen molar-refractivity contribution in [2.75, 3.05) is 0 Å². The summed E-state index contributed by atoms with van der Waals surface area (Å²) in [4.78, 5) is 10.9. The maximum absolute atomic E-state index is 10.9. The molecule has 0 radical (unpaired) electrons. The number of phenols is 1. The highest BCUT2D eigenvalue weighted by Gasteiger charge is 2.28. The third kappa shape index (κ3) is 3.37. The highest BCUT2D eigenvalue weighted by atomic mass is 79.9. The molecule has 0 spiro atoms. The molecule has 0 heterocycles. The maximum Gasteiger partial charge on any atom is 0.339 e. The van der Waals surface area contributed by atoms with Crippen LogP contribution in [0.4, 0.5) is 0 Å².